The third-order valence-electron chi connectivity index (χ3n) is 3.84. The number of nitrogens with zero attached hydrogens (tertiary/aromatic N) is 1. The number of carbonyl (C=O) groups excluding carboxylic acids is 3. The lowest BCUT2D eigenvalue weighted by atomic mass is 10.2. The van der Waals surface area contributed by atoms with Gasteiger partial charge in [-0.25, -0.2) is 0 Å². The molecule has 0 saturated carbocycles. The average Bonchev–Trinajstić information content (AvgIpc) is 2.88. The molecule has 1 aromatic rings. The van der Waals surface area contributed by atoms with Crippen LogP contribution >= 0.6 is 27.7 Å². The van der Waals surface area contributed by atoms with Crippen LogP contribution in [0.25, 0.3) is 6.08 Å². The Balaban J connectivity index is 1.87. The van der Waals surface area contributed by atoms with Crippen molar-refractivity contribution >= 4 is 56.8 Å². The maximum atomic E-state index is 12.4. The number of halogens is 1. The molecule has 0 atom stereocenters. The van der Waals surface area contributed by atoms with Crippen molar-refractivity contribution in [3.63, 3.8) is 0 Å². The first-order valence-electron chi connectivity index (χ1n) is 8.50. The van der Waals surface area contributed by atoms with E-state index in [2.05, 4.69) is 21.2 Å². The maximum absolute atomic E-state index is 12.4. The van der Waals surface area contributed by atoms with Crippen LogP contribution in [0.5, 0.6) is 5.75 Å². The lowest BCUT2D eigenvalue weighted by Gasteiger charge is -2.12. The van der Waals surface area contributed by atoms with Gasteiger partial charge in [-0.05, 0) is 48.9 Å². The maximum Gasteiger partial charge on any atom is 0.303 e. The van der Waals surface area contributed by atoms with E-state index in [0.29, 0.717) is 47.6 Å². The zero-order valence-electron chi connectivity index (χ0n) is 14.8. The Labute approximate surface area is 174 Å². The molecule has 28 heavy (non-hydrogen) atoms. The van der Waals surface area contributed by atoms with E-state index in [0.717, 1.165) is 4.90 Å². The molecule has 0 spiro atoms. The van der Waals surface area contributed by atoms with Crippen molar-refractivity contribution < 1.29 is 29.4 Å². The number of rotatable bonds is 9. The summed E-state index contributed by atoms with van der Waals surface area (Å²) < 4.78 is 0.707. The van der Waals surface area contributed by atoms with Crippen molar-refractivity contribution in [3.05, 3.63) is 33.1 Å². The number of hydrogen-bond acceptors (Lipinski definition) is 6. The molecule has 8 nitrogen and oxygen atoms in total. The highest BCUT2D eigenvalue weighted by Gasteiger charge is 2.36. The minimum Gasteiger partial charge on any atom is -0.507 e. The zero-order valence-corrected chi connectivity index (χ0v) is 17.2. The third-order valence-corrected chi connectivity index (χ3v) is 5.24. The topological polar surface area (TPSA) is 124 Å². The number of amides is 3. The molecular weight excluding hydrogens is 452 g/mol. The number of imide groups is 1. The number of benzene rings is 1. The molecule has 0 aromatic heterocycles. The van der Waals surface area contributed by atoms with Gasteiger partial charge in [0.25, 0.3) is 11.1 Å². The van der Waals surface area contributed by atoms with Crippen molar-refractivity contribution in [2.45, 2.75) is 25.7 Å². The summed E-state index contributed by atoms with van der Waals surface area (Å²) in [6.45, 7) is -0.0436. The molecule has 1 aromatic carbocycles. The van der Waals surface area contributed by atoms with Gasteiger partial charge in [-0.2, -0.15) is 0 Å². The molecule has 2 rings (SSSR count). The number of carboxylic acid groups (broad SMARTS) is 1. The van der Waals surface area contributed by atoms with Crippen molar-refractivity contribution in [2.24, 2.45) is 0 Å². The summed E-state index contributed by atoms with van der Waals surface area (Å²) in [6, 6.07) is 4.72. The van der Waals surface area contributed by atoms with Crippen LogP contribution in [0.3, 0.4) is 0 Å². The van der Waals surface area contributed by atoms with Gasteiger partial charge in [0.05, 0.1) is 4.91 Å². The zero-order chi connectivity index (χ0) is 20.7. The highest BCUT2D eigenvalue weighted by molar-refractivity contribution is 9.10. The number of phenols is 1. The summed E-state index contributed by atoms with van der Waals surface area (Å²) in [5.41, 5.74) is 0.380. The lowest BCUT2D eigenvalue weighted by molar-refractivity contribution is -0.137. The molecule has 1 aliphatic heterocycles. The number of unbranched alkanes of at least 4 members (excludes halogenated alkanes) is 2. The second-order valence-corrected chi connectivity index (χ2v) is 7.93. The SMILES string of the molecule is O=C(O)CCCCCNC(=O)CN1C(=O)S/C(=C\c2cc(Br)ccc2O)C1=O. The molecular formula is C18H19BrN2O6S. The van der Waals surface area contributed by atoms with E-state index in [1.807, 2.05) is 0 Å². The van der Waals surface area contributed by atoms with E-state index in [-0.39, 0.29) is 23.6 Å². The van der Waals surface area contributed by atoms with Crippen LogP contribution in [0.1, 0.15) is 31.2 Å². The Morgan fingerprint density at radius 3 is 2.68 bits per heavy atom. The summed E-state index contributed by atoms with van der Waals surface area (Å²) in [4.78, 5) is 47.8. The van der Waals surface area contributed by atoms with E-state index in [4.69, 9.17) is 5.11 Å². The van der Waals surface area contributed by atoms with Crippen LogP contribution in [0.2, 0.25) is 0 Å². The Bertz CT molecular complexity index is 826. The number of hydrogen-bond donors (Lipinski definition) is 3. The first kappa shape index (κ1) is 22.0. The van der Waals surface area contributed by atoms with Gasteiger partial charge in [0.2, 0.25) is 5.91 Å². The Morgan fingerprint density at radius 2 is 1.96 bits per heavy atom. The van der Waals surface area contributed by atoms with Crippen LogP contribution in [0.15, 0.2) is 27.6 Å². The van der Waals surface area contributed by atoms with E-state index in [9.17, 15) is 24.3 Å². The van der Waals surface area contributed by atoms with Crippen LogP contribution in [-0.2, 0) is 14.4 Å². The molecule has 150 valence electrons. The standard InChI is InChI=1S/C18H19BrN2O6S/c19-12-5-6-13(22)11(8-12)9-14-17(26)21(18(27)28-14)10-15(23)20-7-3-1-2-4-16(24)25/h5-6,8-9,22H,1-4,7,10H2,(H,20,23)(H,24,25)/b14-9-. The highest BCUT2D eigenvalue weighted by atomic mass is 79.9. The fourth-order valence-electron chi connectivity index (χ4n) is 2.42. The first-order valence-corrected chi connectivity index (χ1v) is 10.1. The van der Waals surface area contributed by atoms with Gasteiger partial charge >= 0.3 is 5.97 Å². The second-order valence-electron chi connectivity index (χ2n) is 6.03. The molecule has 1 aliphatic rings. The molecule has 1 fully saturated rings. The number of thioether (sulfide) groups is 1. The molecule has 0 bridgehead atoms. The van der Waals surface area contributed by atoms with Crippen LogP contribution in [-0.4, -0.2) is 51.2 Å². The second kappa shape index (κ2) is 10.3. The van der Waals surface area contributed by atoms with Crippen molar-refractivity contribution in [1.29, 1.82) is 0 Å². The molecule has 10 heteroatoms. The summed E-state index contributed by atoms with van der Waals surface area (Å²) in [6.07, 6.45) is 3.30. The Hall–Kier alpha value is -2.33. The van der Waals surface area contributed by atoms with E-state index < -0.39 is 23.0 Å². The fourth-order valence-corrected chi connectivity index (χ4v) is 3.63. The number of aromatic hydroxyl groups is 1. The summed E-state index contributed by atoms with van der Waals surface area (Å²) in [5, 5.41) is 20.5. The lowest BCUT2D eigenvalue weighted by Crippen LogP contribution is -2.39. The Morgan fingerprint density at radius 1 is 1.21 bits per heavy atom. The fraction of sp³-hybridized carbons (Fsp3) is 0.333. The molecule has 0 aliphatic carbocycles. The predicted molar refractivity (Wildman–Crippen MR) is 108 cm³/mol. The number of phenolic OH excluding ortho intramolecular Hbond substituents is 1. The number of carbonyl (C=O) groups is 4. The summed E-state index contributed by atoms with van der Waals surface area (Å²) >= 11 is 3.98. The van der Waals surface area contributed by atoms with Gasteiger partial charge in [0.1, 0.15) is 12.3 Å². The predicted octanol–water partition coefficient (Wildman–Crippen LogP) is 2.95. The quantitative estimate of drug-likeness (QED) is 0.374. The number of aliphatic carboxylic acids is 1. The van der Waals surface area contributed by atoms with E-state index in [1.165, 1.54) is 12.1 Å². The minimum atomic E-state index is -0.854. The van der Waals surface area contributed by atoms with Gasteiger partial charge in [0, 0.05) is 23.0 Å². The van der Waals surface area contributed by atoms with Crippen molar-refractivity contribution in [1.82, 2.24) is 10.2 Å². The van der Waals surface area contributed by atoms with E-state index >= 15 is 0 Å². The van der Waals surface area contributed by atoms with Crippen LogP contribution in [0, 0.1) is 0 Å². The van der Waals surface area contributed by atoms with Crippen LogP contribution in [0.4, 0.5) is 4.79 Å². The summed E-state index contributed by atoms with van der Waals surface area (Å²) in [5.74, 6) is -1.94. The molecule has 0 radical (unpaired) electrons. The van der Waals surface area contributed by atoms with Crippen molar-refractivity contribution in [3.8, 4) is 5.75 Å². The summed E-state index contributed by atoms with van der Waals surface area (Å²) in [7, 11) is 0. The van der Waals surface area contributed by atoms with Gasteiger partial charge in [-0.15, -0.1) is 0 Å². The average molecular weight is 471 g/mol. The van der Waals surface area contributed by atoms with Gasteiger partial charge < -0.3 is 15.5 Å². The molecule has 1 saturated heterocycles. The van der Waals surface area contributed by atoms with Gasteiger partial charge in [0.15, 0.2) is 0 Å². The number of carboxylic acids is 1. The third kappa shape index (κ3) is 6.38. The van der Waals surface area contributed by atoms with E-state index in [1.54, 1.807) is 12.1 Å². The normalized spacial score (nSPS) is 15.3. The molecule has 3 amide bonds. The van der Waals surface area contributed by atoms with Gasteiger partial charge in [-0.1, -0.05) is 22.4 Å². The Kier molecular flexibility index (Phi) is 8.06. The molecule has 1 heterocycles. The van der Waals surface area contributed by atoms with Gasteiger partial charge in [-0.3, -0.25) is 24.1 Å². The molecule has 0 unspecified atom stereocenters. The largest absolute Gasteiger partial charge is 0.507 e. The smallest absolute Gasteiger partial charge is 0.303 e. The monoisotopic (exact) mass is 470 g/mol. The van der Waals surface area contributed by atoms with Crippen LogP contribution < -0.4 is 5.32 Å². The van der Waals surface area contributed by atoms with Crippen molar-refractivity contribution in [2.75, 3.05) is 13.1 Å². The first-order chi connectivity index (χ1) is 13.3. The molecule has 3 N–H and O–H groups in total. The highest BCUT2D eigenvalue weighted by Crippen LogP contribution is 2.34. The number of nitrogens with one attached hydrogen (secondary N) is 1. The minimum absolute atomic E-state index is 0.0318.